The minimum atomic E-state index is -0.539. The molecule has 5 heteroatoms. The summed E-state index contributed by atoms with van der Waals surface area (Å²) < 4.78 is 0. The third-order valence-corrected chi connectivity index (χ3v) is 6.34. The van der Waals surface area contributed by atoms with Crippen molar-refractivity contribution < 1.29 is 15.0 Å². The smallest absolute Gasteiger partial charge is 0.237 e. The van der Waals surface area contributed by atoms with Gasteiger partial charge in [0.15, 0.2) is 0 Å². The van der Waals surface area contributed by atoms with E-state index in [4.69, 9.17) is 11.6 Å². The Hall–Kier alpha value is -0.320. The first-order valence-electron chi connectivity index (χ1n) is 13.2. The number of amides is 1. The molecular weight excluding hydrogens is 410 g/mol. The molecule has 0 aliphatic rings. The molecule has 0 aliphatic heterocycles. The number of rotatable bonds is 23. The van der Waals surface area contributed by atoms with E-state index in [1.807, 2.05) is 0 Å². The molecule has 2 unspecified atom stereocenters. The Morgan fingerprint density at radius 2 is 0.968 bits per heavy atom. The topological polar surface area (TPSA) is 60.8 Å². The molecule has 0 aromatic heterocycles. The second-order valence-corrected chi connectivity index (χ2v) is 9.53. The van der Waals surface area contributed by atoms with E-state index in [1.54, 1.807) is 4.90 Å². The van der Waals surface area contributed by atoms with Crippen LogP contribution >= 0.6 is 11.6 Å². The number of aliphatic hydroxyl groups is 2. The number of hydrogen-bond acceptors (Lipinski definition) is 3. The zero-order valence-corrected chi connectivity index (χ0v) is 21.4. The largest absolute Gasteiger partial charge is 0.391 e. The Morgan fingerprint density at radius 1 is 0.645 bits per heavy atom. The van der Waals surface area contributed by atoms with Gasteiger partial charge in [0.25, 0.3) is 0 Å². The van der Waals surface area contributed by atoms with Crippen LogP contribution in [0.15, 0.2) is 0 Å². The van der Waals surface area contributed by atoms with Crippen molar-refractivity contribution in [3.8, 4) is 0 Å². The molecule has 1 amide bonds. The lowest BCUT2D eigenvalue weighted by Crippen LogP contribution is -2.42. The van der Waals surface area contributed by atoms with Crippen LogP contribution in [-0.2, 0) is 4.79 Å². The van der Waals surface area contributed by atoms with Gasteiger partial charge in [0.05, 0.1) is 12.2 Å². The molecule has 0 heterocycles. The number of aliphatic hydroxyl groups excluding tert-OH is 2. The lowest BCUT2D eigenvalue weighted by atomic mass is 10.0. The number of carbonyl (C=O) groups is 1. The van der Waals surface area contributed by atoms with Gasteiger partial charge >= 0.3 is 0 Å². The number of carbonyl (C=O) groups excluding carboxylic acids is 1. The van der Waals surface area contributed by atoms with Crippen LogP contribution in [0.3, 0.4) is 0 Å². The maximum atomic E-state index is 12.2. The molecule has 0 saturated carbocycles. The summed E-state index contributed by atoms with van der Waals surface area (Å²) in [7, 11) is 0. The normalized spacial score (nSPS) is 13.3. The summed E-state index contributed by atoms with van der Waals surface area (Å²) in [4.78, 5) is 13.7. The van der Waals surface area contributed by atoms with Crippen LogP contribution in [0.25, 0.3) is 0 Å². The van der Waals surface area contributed by atoms with Crippen LogP contribution < -0.4 is 0 Å². The molecule has 0 saturated heterocycles. The Kier molecular flexibility index (Phi) is 22.6. The predicted molar refractivity (Wildman–Crippen MR) is 134 cm³/mol. The molecule has 0 aromatic rings. The molecule has 0 spiro atoms. The zero-order valence-electron chi connectivity index (χ0n) is 20.6. The van der Waals surface area contributed by atoms with E-state index in [1.165, 1.54) is 77.0 Å². The van der Waals surface area contributed by atoms with Gasteiger partial charge in [-0.2, -0.15) is 0 Å². The van der Waals surface area contributed by atoms with Crippen molar-refractivity contribution in [1.29, 1.82) is 0 Å². The highest BCUT2D eigenvalue weighted by atomic mass is 35.5. The molecule has 2 N–H and O–H groups in total. The number of hydrogen-bond donors (Lipinski definition) is 2. The average Bonchev–Trinajstić information content (AvgIpc) is 2.76. The van der Waals surface area contributed by atoms with Crippen LogP contribution in [0.4, 0.5) is 0 Å². The van der Waals surface area contributed by atoms with Gasteiger partial charge in [-0.05, 0) is 12.8 Å². The molecule has 4 nitrogen and oxygen atoms in total. The third kappa shape index (κ3) is 20.0. The van der Waals surface area contributed by atoms with Crippen LogP contribution in [-0.4, -0.2) is 52.2 Å². The molecule has 0 aliphatic carbocycles. The van der Waals surface area contributed by atoms with Crippen molar-refractivity contribution in [2.45, 2.75) is 142 Å². The molecule has 186 valence electrons. The van der Waals surface area contributed by atoms with Crippen molar-refractivity contribution in [3.63, 3.8) is 0 Å². The molecule has 31 heavy (non-hydrogen) atoms. The molecule has 0 bridgehead atoms. The molecule has 0 radical (unpaired) electrons. The van der Waals surface area contributed by atoms with E-state index in [-0.39, 0.29) is 24.9 Å². The maximum absolute atomic E-state index is 12.2. The van der Waals surface area contributed by atoms with Gasteiger partial charge in [0.2, 0.25) is 5.91 Å². The van der Waals surface area contributed by atoms with Gasteiger partial charge in [-0.3, -0.25) is 4.79 Å². The molecule has 2 atom stereocenters. The van der Waals surface area contributed by atoms with Crippen molar-refractivity contribution in [1.82, 2.24) is 4.90 Å². The molecular formula is C26H52ClNO3. The fraction of sp³-hybridized carbons (Fsp3) is 0.962. The second-order valence-electron chi connectivity index (χ2n) is 9.27. The summed E-state index contributed by atoms with van der Waals surface area (Å²) in [6.07, 6.45) is 20.0. The van der Waals surface area contributed by atoms with Gasteiger partial charge in [-0.25, -0.2) is 0 Å². The van der Waals surface area contributed by atoms with Crippen molar-refractivity contribution >= 4 is 17.5 Å². The van der Waals surface area contributed by atoms with Crippen molar-refractivity contribution in [2.24, 2.45) is 0 Å². The highest BCUT2D eigenvalue weighted by molar-refractivity contribution is 6.27. The Balaban J connectivity index is 3.96. The zero-order chi connectivity index (χ0) is 23.2. The van der Waals surface area contributed by atoms with Gasteiger partial charge in [0.1, 0.15) is 5.88 Å². The first kappa shape index (κ1) is 30.7. The Bertz CT molecular complexity index is 367. The number of nitrogens with zero attached hydrogens (tertiary/aromatic N) is 1. The second kappa shape index (κ2) is 22.9. The number of unbranched alkanes of at least 4 members (excludes halogenated alkanes) is 14. The SMILES string of the molecule is CCCCCCCCCCC(O)CN(CC(O)CCCCCCCCCC)C(=O)CCl. The standard InChI is InChI=1S/C26H52ClNO3/c1-3-5-7-9-11-13-15-17-19-24(29)22-28(26(31)21-27)23-25(30)20-18-16-14-12-10-8-6-4-2/h24-25,29-30H,3-23H2,1-2H3. The molecule has 0 fully saturated rings. The monoisotopic (exact) mass is 461 g/mol. The number of alkyl halides is 1. The van der Waals surface area contributed by atoms with Crippen molar-refractivity contribution in [2.75, 3.05) is 19.0 Å². The minimum Gasteiger partial charge on any atom is -0.391 e. The summed E-state index contributed by atoms with van der Waals surface area (Å²) in [5.74, 6) is -0.304. The Labute approximate surface area is 198 Å². The van der Waals surface area contributed by atoms with Gasteiger partial charge in [-0.15, -0.1) is 11.6 Å². The summed E-state index contributed by atoms with van der Waals surface area (Å²) in [5, 5.41) is 20.7. The minimum absolute atomic E-state index is 0.102. The van der Waals surface area contributed by atoms with E-state index in [0.717, 1.165) is 25.7 Å². The van der Waals surface area contributed by atoms with Crippen molar-refractivity contribution in [3.05, 3.63) is 0 Å². The van der Waals surface area contributed by atoms with E-state index >= 15 is 0 Å². The lowest BCUT2D eigenvalue weighted by molar-refractivity contribution is -0.131. The number of halogens is 1. The highest BCUT2D eigenvalue weighted by Gasteiger charge is 2.19. The van der Waals surface area contributed by atoms with Gasteiger partial charge in [0, 0.05) is 13.1 Å². The fourth-order valence-electron chi connectivity index (χ4n) is 4.08. The van der Waals surface area contributed by atoms with E-state index in [2.05, 4.69) is 13.8 Å². The molecule has 0 aromatic carbocycles. The van der Waals surface area contributed by atoms with Gasteiger partial charge < -0.3 is 15.1 Å². The van der Waals surface area contributed by atoms with Crippen LogP contribution in [0.5, 0.6) is 0 Å². The quantitative estimate of drug-likeness (QED) is 0.129. The highest BCUT2D eigenvalue weighted by Crippen LogP contribution is 2.14. The lowest BCUT2D eigenvalue weighted by Gasteiger charge is -2.27. The first-order chi connectivity index (χ1) is 15.0. The Morgan fingerprint density at radius 3 is 1.29 bits per heavy atom. The summed E-state index contributed by atoms with van der Waals surface area (Å²) in [6.45, 7) is 5.01. The molecule has 0 rings (SSSR count). The van der Waals surface area contributed by atoms with Crippen LogP contribution in [0, 0.1) is 0 Å². The fourth-order valence-corrected chi connectivity index (χ4v) is 4.25. The third-order valence-electron chi connectivity index (χ3n) is 6.11. The van der Waals surface area contributed by atoms with E-state index in [9.17, 15) is 15.0 Å². The maximum Gasteiger partial charge on any atom is 0.237 e. The van der Waals surface area contributed by atoms with E-state index < -0.39 is 12.2 Å². The average molecular weight is 462 g/mol. The summed E-state index contributed by atoms with van der Waals surface area (Å²) >= 11 is 5.75. The van der Waals surface area contributed by atoms with E-state index in [0.29, 0.717) is 12.8 Å². The van der Waals surface area contributed by atoms with Gasteiger partial charge in [-0.1, -0.05) is 117 Å². The first-order valence-corrected chi connectivity index (χ1v) is 13.8. The predicted octanol–water partition coefficient (Wildman–Crippen LogP) is 6.84. The summed E-state index contributed by atoms with van der Waals surface area (Å²) in [6, 6.07) is 0. The van der Waals surface area contributed by atoms with Crippen LogP contribution in [0.1, 0.15) is 129 Å². The van der Waals surface area contributed by atoms with Crippen LogP contribution in [0.2, 0.25) is 0 Å². The summed E-state index contributed by atoms with van der Waals surface area (Å²) in [5.41, 5.74) is 0.